The molecule has 172 valence electrons. The van der Waals surface area contributed by atoms with Gasteiger partial charge in [0.2, 0.25) is 5.90 Å². The van der Waals surface area contributed by atoms with Crippen molar-refractivity contribution in [2.24, 2.45) is 4.99 Å². The highest BCUT2D eigenvalue weighted by Gasteiger charge is 2.24. The van der Waals surface area contributed by atoms with E-state index in [4.69, 9.17) is 21.1 Å². The van der Waals surface area contributed by atoms with Crippen molar-refractivity contribution < 1.29 is 19.1 Å². The van der Waals surface area contributed by atoms with Crippen LogP contribution in [0, 0.1) is 0 Å². The van der Waals surface area contributed by atoms with Gasteiger partial charge in [0.25, 0.3) is 0 Å². The van der Waals surface area contributed by atoms with Crippen LogP contribution in [0.25, 0.3) is 6.08 Å². The van der Waals surface area contributed by atoms with E-state index in [9.17, 15) is 9.59 Å². The number of aliphatic imine (C=N–C) groups is 1. The van der Waals surface area contributed by atoms with Gasteiger partial charge in [-0.15, -0.1) is 0 Å². The highest BCUT2D eigenvalue weighted by Crippen LogP contribution is 2.36. The molecule has 0 spiro atoms. The van der Waals surface area contributed by atoms with Crippen molar-refractivity contribution in [3.63, 3.8) is 0 Å². The minimum absolute atomic E-state index is 0.174. The molecule has 3 aromatic rings. The molecule has 3 aromatic carbocycles. The van der Waals surface area contributed by atoms with E-state index in [1.807, 2.05) is 24.3 Å². The zero-order valence-electron chi connectivity index (χ0n) is 18.1. The normalized spacial score (nSPS) is 14.4. The van der Waals surface area contributed by atoms with Gasteiger partial charge in [-0.1, -0.05) is 37.6 Å². The van der Waals surface area contributed by atoms with Crippen molar-refractivity contribution in [1.29, 1.82) is 0 Å². The first kappa shape index (κ1) is 24.4. The van der Waals surface area contributed by atoms with Crippen LogP contribution in [0.1, 0.15) is 46.8 Å². The van der Waals surface area contributed by atoms with Gasteiger partial charge in [0, 0.05) is 10.6 Å². The molecule has 4 rings (SSSR count). The first-order chi connectivity index (χ1) is 16.2. The molecule has 1 aliphatic rings. The number of hydrogen-bond acceptors (Lipinski definition) is 5. The summed E-state index contributed by atoms with van der Waals surface area (Å²) in [4.78, 5) is 29.2. The molecule has 8 heteroatoms. The molecule has 0 aliphatic carbocycles. The summed E-state index contributed by atoms with van der Waals surface area (Å²) in [6.45, 7) is 4.23. The summed E-state index contributed by atoms with van der Waals surface area (Å²) in [5.41, 5.74) is 3.13. The minimum atomic E-state index is -0.534. The molecule has 5 nitrogen and oxygen atoms in total. The van der Waals surface area contributed by atoms with Crippen LogP contribution in [-0.2, 0) is 9.53 Å². The fraction of sp³-hybridized carbons (Fsp3) is 0.115. The molecule has 0 bridgehead atoms. The summed E-state index contributed by atoms with van der Waals surface area (Å²) in [5, 5.41) is 0.528. The molecule has 0 atom stereocenters. The number of hydrogen-bond donors (Lipinski definition) is 0. The van der Waals surface area contributed by atoms with Crippen molar-refractivity contribution in [3.8, 4) is 5.75 Å². The highest BCUT2D eigenvalue weighted by molar-refractivity contribution is 9.11. The maximum Gasteiger partial charge on any atom is 0.363 e. The number of carbonyl (C=O) groups is 2. The van der Waals surface area contributed by atoms with Crippen molar-refractivity contribution in [1.82, 2.24) is 0 Å². The summed E-state index contributed by atoms with van der Waals surface area (Å²) in [5.74, 6) is -0.0821. The Morgan fingerprint density at radius 1 is 1.03 bits per heavy atom. The topological polar surface area (TPSA) is 65.0 Å². The number of rotatable bonds is 5. The molecular formula is C26H18Br2ClNO4. The lowest BCUT2D eigenvalue weighted by molar-refractivity contribution is -0.129. The van der Waals surface area contributed by atoms with Crippen LogP contribution in [0.2, 0.25) is 5.02 Å². The van der Waals surface area contributed by atoms with E-state index in [1.165, 1.54) is 5.56 Å². The number of halogens is 3. The first-order valence-electron chi connectivity index (χ1n) is 10.3. The van der Waals surface area contributed by atoms with Crippen LogP contribution in [0.15, 0.2) is 80.3 Å². The molecular weight excluding hydrogens is 586 g/mol. The Morgan fingerprint density at radius 2 is 1.65 bits per heavy atom. The smallest absolute Gasteiger partial charge is 0.363 e. The van der Waals surface area contributed by atoms with Gasteiger partial charge >= 0.3 is 11.9 Å². The van der Waals surface area contributed by atoms with Crippen molar-refractivity contribution in [2.45, 2.75) is 19.8 Å². The lowest BCUT2D eigenvalue weighted by Crippen LogP contribution is -2.09. The van der Waals surface area contributed by atoms with E-state index < -0.39 is 11.9 Å². The van der Waals surface area contributed by atoms with Crippen LogP contribution in [0.3, 0.4) is 0 Å². The quantitative estimate of drug-likeness (QED) is 0.172. The zero-order valence-corrected chi connectivity index (χ0v) is 22.1. The van der Waals surface area contributed by atoms with E-state index in [0.717, 1.165) is 5.56 Å². The Hall–Kier alpha value is -2.74. The number of carbonyl (C=O) groups excluding carboxylic acids is 2. The largest absolute Gasteiger partial charge is 0.421 e. The van der Waals surface area contributed by atoms with Gasteiger partial charge in [-0.2, -0.15) is 0 Å². The minimum Gasteiger partial charge on any atom is -0.421 e. The Labute approximate surface area is 218 Å². The van der Waals surface area contributed by atoms with E-state index >= 15 is 0 Å². The Morgan fingerprint density at radius 3 is 2.24 bits per heavy atom. The average Bonchev–Trinajstić information content (AvgIpc) is 3.16. The van der Waals surface area contributed by atoms with Gasteiger partial charge in [-0.25, -0.2) is 14.6 Å². The first-order valence-corrected chi connectivity index (χ1v) is 12.3. The van der Waals surface area contributed by atoms with Gasteiger partial charge in [0.1, 0.15) is 0 Å². The van der Waals surface area contributed by atoms with E-state index in [2.05, 4.69) is 50.7 Å². The summed E-state index contributed by atoms with van der Waals surface area (Å²) in [6, 6.07) is 17.6. The molecule has 1 heterocycles. The third kappa shape index (κ3) is 5.49. The molecule has 0 aromatic heterocycles. The van der Waals surface area contributed by atoms with Crippen LogP contribution in [0.5, 0.6) is 5.75 Å². The molecule has 0 N–H and O–H groups in total. The number of esters is 2. The lowest BCUT2D eigenvalue weighted by Gasteiger charge is -2.10. The fourth-order valence-corrected chi connectivity index (χ4v) is 4.71. The summed E-state index contributed by atoms with van der Waals surface area (Å²) >= 11 is 12.7. The van der Waals surface area contributed by atoms with Gasteiger partial charge in [0.15, 0.2) is 11.4 Å². The molecule has 34 heavy (non-hydrogen) atoms. The number of ether oxygens (including phenoxy) is 2. The molecule has 0 fully saturated rings. The average molecular weight is 604 g/mol. The Kier molecular flexibility index (Phi) is 7.36. The van der Waals surface area contributed by atoms with Gasteiger partial charge in [-0.3, -0.25) is 0 Å². The second-order valence-corrected chi connectivity index (χ2v) is 9.97. The molecule has 0 unspecified atom stereocenters. The number of cyclic esters (lactones) is 1. The Bertz CT molecular complexity index is 1310. The van der Waals surface area contributed by atoms with Gasteiger partial charge < -0.3 is 9.47 Å². The van der Waals surface area contributed by atoms with Gasteiger partial charge in [0.05, 0.1) is 14.5 Å². The van der Waals surface area contributed by atoms with Crippen molar-refractivity contribution in [2.75, 3.05) is 0 Å². The lowest BCUT2D eigenvalue weighted by atomic mass is 10.0. The van der Waals surface area contributed by atoms with Gasteiger partial charge in [-0.05, 0) is 104 Å². The molecule has 0 amide bonds. The highest BCUT2D eigenvalue weighted by atomic mass is 79.9. The van der Waals surface area contributed by atoms with Crippen molar-refractivity contribution >= 4 is 67.4 Å². The standard InChI is InChI=1S/C26H18Br2ClNO4/c1-14(2)16-3-5-17(6-4-16)24-30-22(26(32)34-24)13-15-11-20(27)23(21(28)12-15)33-25(31)18-7-9-19(29)10-8-18/h3-14H,1-2H3/b22-13-. The number of benzene rings is 3. The van der Waals surface area contributed by atoms with E-state index in [-0.39, 0.29) is 11.6 Å². The Balaban J connectivity index is 1.56. The van der Waals surface area contributed by atoms with Crippen LogP contribution in [-0.4, -0.2) is 17.8 Å². The second-order valence-electron chi connectivity index (χ2n) is 7.82. The SMILES string of the molecule is CC(C)c1ccc(C2=N/C(=C\c3cc(Br)c(OC(=O)c4ccc(Cl)cc4)c(Br)c3)C(=O)O2)cc1. The van der Waals surface area contributed by atoms with Crippen LogP contribution < -0.4 is 4.74 Å². The number of nitrogens with zero attached hydrogens (tertiary/aromatic N) is 1. The van der Waals surface area contributed by atoms with Crippen LogP contribution >= 0.6 is 43.5 Å². The zero-order chi connectivity index (χ0) is 24.4. The molecule has 1 aliphatic heterocycles. The van der Waals surface area contributed by atoms with Crippen molar-refractivity contribution in [3.05, 3.63) is 103 Å². The van der Waals surface area contributed by atoms with E-state index in [0.29, 0.717) is 36.8 Å². The third-order valence-electron chi connectivity index (χ3n) is 5.04. The summed E-state index contributed by atoms with van der Waals surface area (Å²) in [6.07, 6.45) is 1.61. The third-order valence-corrected chi connectivity index (χ3v) is 6.47. The van der Waals surface area contributed by atoms with E-state index in [1.54, 1.807) is 42.5 Å². The fourth-order valence-electron chi connectivity index (χ4n) is 3.20. The predicted octanol–water partition coefficient (Wildman–Crippen LogP) is 7.55. The summed E-state index contributed by atoms with van der Waals surface area (Å²) < 4.78 is 11.9. The molecule has 0 saturated carbocycles. The van der Waals surface area contributed by atoms with Crippen LogP contribution in [0.4, 0.5) is 0 Å². The molecule has 0 radical (unpaired) electrons. The molecule has 0 saturated heterocycles. The monoisotopic (exact) mass is 601 g/mol. The maximum atomic E-state index is 12.5. The predicted molar refractivity (Wildman–Crippen MR) is 139 cm³/mol. The second kappa shape index (κ2) is 10.3. The maximum absolute atomic E-state index is 12.5. The summed E-state index contributed by atoms with van der Waals surface area (Å²) in [7, 11) is 0.